The summed E-state index contributed by atoms with van der Waals surface area (Å²) in [4.78, 5) is 41.5. The van der Waals surface area contributed by atoms with E-state index in [1.54, 1.807) is 11.9 Å². The Morgan fingerprint density at radius 1 is 1.17 bits per heavy atom. The molecule has 0 radical (unpaired) electrons. The number of amides is 4. The number of carbonyl (C=O) groups excluding carboxylic acids is 3. The number of hydrogen-bond donors (Lipinski definition) is 1. The molecule has 1 aliphatic heterocycles. The topological polar surface area (TPSA) is 69.7 Å². The van der Waals surface area contributed by atoms with Gasteiger partial charge in [-0.1, -0.05) is 48.0 Å². The molecular formula is C24H27N3O3. The summed E-state index contributed by atoms with van der Waals surface area (Å²) in [6.45, 7) is 4.23. The molecule has 0 aromatic heterocycles. The minimum atomic E-state index is -1.04. The van der Waals surface area contributed by atoms with Crippen molar-refractivity contribution in [1.29, 1.82) is 0 Å². The molecule has 1 spiro atoms. The molecule has 0 bridgehead atoms. The van der Waals surface area contributed by atoms with Crippen molar-refractivity contribution in [3.05, 3.63) is 70.3 Å². The van der Waals surface area contributed by atoms with Gasteiger partial charge in [-0.25, -0.2) is 4.79 Å². The van der Waals surface area contributed by atoms with E-state index in [0.717, 1.165) is 40.0 Å². The lowest BCUT2D eigenvalue weighted by atomic mass is 9.76. The van der Waals surface area contributed by atoms with Gasteiger partial charge in [0.25, 0.3) is 5.91 Å². The fourth-order valence-electron chi connectivity index (χ4n) is 4.58. The highest BCUT2D eigenvalue weighted by molar-refractivity contribution is 6.09. The molecule has 1 fully saturated rings. The van der Waals surface area contributed by atoms with Gasteiger partial charge in [0.15, 0.2) is 0 Å². The van der Waals surface area contributed by atoms with Gasteiger partial charge in [-0.3, -0.25) is 14.5 Å². The van der Waals surface area contributed by atoms with E-state index >= 15 is 0 Å². The number of rotatable bonds is 4. The monoisotopic (exact) mass is 405 g/mol. The average molecular weight is 405 g/mol. The molecule has 1 N–H and O–H groups in total. The molecule has 1 unspecified atom stereocenters. The van der Waals surface area contributed by atoms with Crippen LogP contribution in [0.25, 0.3) is 0 Å². The Morgan fingerprint density at radius 3 is 2.70 bits per heavy atom. The van der Waals surface area contributed by atoms with Crippen LogP contribution < -0.4 is 5.32 Å². The quantitative estimate of drug-likeness (QED) is 0.795. The third-order valence-electron chi connectivity index (χ3n) is 6.28. The SMILES string of the molecule is Cc1ccc(CN(C)C(=O)CN2C(=O)NC3(CCCc4ccccc43)C2=O)c(C)c1. The maximum atomic E-state index is 13.3. The first-order valence-corrected chi connectivity index (χ1v) is 10.3. The zero-order valence-corrected chi connectivity index (χ0v) is 17.7. The van der Waals surface area contributed by atoms with Crippen molar-refractivity contribution in [1.82, 2.24) is 15.1 Å². The molecule has 6 heteroatoms. The number of hydrogen-bond acceptors (Lipinski definition) is 3. The molecule has 2 aromatic rings. The summed E-state index contributed by atoms with van der Waals surface area (Å²) < 4.78 is 0. The van der Waals surface area contributed by atoms with Crippen LogP contribution >= 0.6 is 0 Å². The van der Waals surface area contributed by atoms with Crippen LogP contribution in [-0.4, -0.2) is 41.2 Å². The number of nitrogens with zero attached hydrogens (tertiary/aromatic N) is 2. The lowest BCUT2D eigenvalue weighted by Crippen LogP contribution is -2.47. The number of likely N-dealkylation sites (N-methyl/N-ethyl adjacent to an activating group) is 1. The van der Waals surface area contributed by atoms with Gasteiger partial charge < -0.3 is 10.2 Å². The Hall–Kier alpha value is -3.15. The van der Waals surface area contributed by atoms with Crippen LogP contribution in [0.4, 0.5) is 4.79 Å². The highest BCUT2D eigenvalue weighted by atomic mass is 16.2. The number of nitrogens with one attached hydrogen (secondary N) is 1. The van der Waals surface area contributed by atoms with Crippen molar-refractivity contribution in [2.75, 3.05) is 13.6 Å². The zero-order valence-electron chi connectivity index (χ0n) is 17.7. The molecule has 6 nitrogen and oxygen atoms in total. The lowest BCUT2D eigenvalue weighted by Gasteiger charge is -2.33. The van der Waals surface area contributed by atoms with Gasteiger partial charge in [-0.05, 0) is 55.4 Å². The predicted molar refractivity (Wildman–Crippen MR) is 114 cm³/mol. The summed E-state index contributed by atoms with van der Waals surface area (Å²) >= 11 is 0. The number of benzene rings is 2. The van der Waals surface area contributed by atoms with Crippen molar-refractivity contribution in [2.24, 2.45) is 0 Å². The third kappa shape index (κ3) is 3.36. The highest BCUT2D eigenvalue weighted by Crippen LogP contribution is 2.39. The number of carbonyl (C=O) groups is 3. The fraction of sp³-hybridized carbons (Fsp3) is 0.375. The van der Waals surface area contributed by atoms with E-state index in [-0.39, 0.29) is 18.4 Å². The molecule has 2 aromatic carbocycles. The highest BCUT2D eigenvalue weighted by Gasteiger charge is 2.54. The fourth-order valence-corrected chi connectivity index (χ4v) is 4.58. The van der Waals surface area contributed by atoms with Crippen LogP contribution in [0, 0.1) is 13.8 Å². The van der Waals surface area contributed by atoms with E-state index in [2.05, 4.69) is 11.4 Å². The van der Waals surface area contributed by atoms with Crippen LogP contribution in [0.1, 0.15) is 40.7 Å². The second kappa shape index (κ2) is 7.59. The summed E-state index contributed by atoms with van der Waals surface area (Å²) in [6.07, 6.45) is 2.26. The first-order valence-electron chi connectivity index (χ1n) is 10.3. The minimum absolute atomic E-state index is 0.254. The number of aryl methyl sites for hydroxylation is 3. The lowest BCUT2D eigenvalue weighted by molar-refractivity contribution is -0.139. The van der Waals surface area contributed by atoms with Gasteiger partial charge in [0.05, 0.1) is 0 Å². The number of fused-ring (bicyclic) bond motifs is 2. The van der Waals surface area contributed by atoms with Gasteiger partial charge in [0.1, 0.15) is 12.1 Å². The molecule has 156 valence electrons. The van der Waals surface area contributed by atoms with Crippen LogP contribution in [0.3, 0.4) is 0 Å². The third-order valence-corrected chi connectivity index (χ3v) is 6.28. The number of imide groups is 1. The zero-order chi connectivity index (χ0) is 21.5. The molecule has 30 heavy (non-hydrogen) atoms. The van der Waals surface area contributed by atoms with E-state index in [0.29, 0.717) is 13.0 Å². The van der Waals surface area contributed by atoms with Gasteiger partial charge in [0, 0.05) is 13.6 Å². The number of urea groups is 1. The van der Waals surface area contributed by atoms with E-state index < -0.39 is 11.6 Å². The van der Waals surface area contributed by atoms with Gasteiger partial charge >= 0.3 is 6.03 Å². The van der Waals surface area contributed by atoms with Crippen LogP contribution in [0.15, 0.2) is 42.5 Å². The molecule has 4 rings (SSSR count). The first-order chi connectivity index (χ1) is 14.3. The summed E-state index contributed by atoms with van der Waals surface area (Å²) in [5.41, 5.74) is 4.22. The molecule has 1 saturated heterocycles. The van der Waals surface area contributed by atoms with Crippen molar-refractivity contribution < 1.29 is 14.4 Å². The summed E-state index contributed by atoms with van der Waals surface area (Å²) in [6, 6.07) is 13.4. The molecule has 0 saturated carbocycles. The summed E-state index contributed by atoms with van der Waals surface area (Å²) in [7, 11) is 1.70. The molecule has 4 amide bonds. The standard InChI is InChI=1S/C24H27N3O3/c1-16-10-11-19(17(2)13-16)14-26(3)21(28)15-27-22(29)24(25-23(27)30)12-6-8-18-7-4-5-9-20(18)24/h4-5,7,9-11,13H,6,8,12,14-15H2,1-3H3,(H,25,30). The van der Waals surface area contributed by atoms with Crippen molar-refractivity contribution >= 4 is 17.8 Å². The van der Waals surface area contributed by atoms with Gasteiger partial charge in [-0.15, -0.1) is 0 Å². The molecule has 1 heterocycles. The van der Waals surface area contributed by atoms with Crippen LogP contribution in [0.2, 0.25) is 0 Å². The Balaban J connectivity index is 1.51. The van der Waals surface area contributed by atoms with Crippen molar-refractivity contribution in [2.45, 2.75) is 45.2 Å². The molecule has 1 atom stereocenters. The van der Waals surface area contributed by atoms with E-state index in [1.807, 2.05) is 50.2 Å². The van der Waals surface area contributed by atoms with Crippen LogP contribution in [-0.2, 0) is 28.1 Å². The smallest absolute Gasteiger partial charge is 0.325 e. The first kappa shape index (κ1) is 20.1. The average Bonchev–Trinajstić information content (AvgIpc) is 2.95. The Labute approximate surface area is 176 Å². The molecule has 2 aliphatic rings. The van der Waals surface area contributed by atoms with E-state index in [9.17, 15) is 14.4 Å². The van der Waals surface area contributed by atoms with E-state index in [1.165, 1.54) is 5.56 Å². The van der Waals surface area contributed by atoms with E-state index in [4.69, 9.17) is 0 Å². The minimum Gasteiger partial charge on any atom is -0.340 e. The molecule has 1 aliphatic carbocycles. The second-order valence-corrected chi connectivity index (χ2v) is 8.42. The van der Waals surface area contributed by atoms with Gasteiger partial charge in [0.2, 0.25) is 5.91 Å². The predicted octanol–water partition coefficient (Wildman–Crippen LogP) is 3.05. The largest absolute Gasteiger partial charge is 0.340 e. The summed E-state index contributed by atoms with van der Waals surface area (Å²) in [5, 5.41) is 2.90. The Kier molecular flexibility index (Phi) is 5.10. The maximum Gasteiger partial charge on any atom is 0.325 e. The normalized spacial score (nSPS) is 20.3. The van der Waals surface area contributed by atoms with Crippen LogP contribution in [0.5, 0.6) is 0 Å². The maximum absolute atomic E-state index is 13.3. The summed E-state index contributed by atoms with van der Waals surface area (Å²) in [5.74, 6) is -0.590. The Morgan fingerprint density at radius 2 is 1.93 bits per heavy atom. The van der Waals surface area contributed by atoms with Crippen molar-refractivity contribution in [3.8, 4) is 0 Å². The van der Waals surface area contributed by atoms with Gasteiger partial charge in [-0.2, -0.15) is 0 Å². The Bertz CT molecular complexity index is 1030. The second-order valence-electron chi connectivity index (χ2n) is 8.42. The van der Waals surface area contributed by atoms with Crippen molar-refractivity contribution in [3.63, 3.8) is 0 Å². The molecular weight excluding hydrogens is 378 g/mol.